The van der Waals surface area contributed by atoms with Crippen LogP contribution in [-0.2, 0) is 0 Å². The van der Waals surface area contributed by atoms with Gasteiger partial charge in [0.2, 0.25) is 0 Å². The lowest BCUT2D eigenvalue weighted by Gasteiger charge is -2.04. The Hall–Kier alpha value is -1.56. The summed E-state index contributed by atoms with van der Waals surface area (Å²) < 4.78 is 0. The lowest BCUT2D eigenvalue weighted by Crippen LogP contribution is -1.89. The highest BCUT2D eigenvalue weighted by Crippen LogP contribution is 2.37. The predicted octanol–water partition coefficient (Wildman–Crippen LogP) is 4.40. The molecule has 0 saturated carbocycles. The van der Waals surface area contributed by atoms with Gasteiger partial charge in [0.25, 0.3) is 0 Å². The van der Waals surface area contributed by atoms with Gasteiger partial charge in [-0.25, -0.2) is 4.98 Å². The van der Waals surface area contributed by atoms with Gasteiger partial charge in [-0.15, -0.1) is 11.3 Å². The summed E-state index contributed by atoms with van der Waals surface area (Å²) in [5, 5.41) is 10.9. The fourth-order valence-electron chi connectivity index (χ4n) is 1.96. The Morgan fingerprint density at radius 2 is 2.05 bits per heavy atom. The minimum atomic E-state index is 0.407. The molecule has 0 radical (unpaired) electrons. The number of aromatic amines is 1. The van der Waals surface area contributed by atoms with Crippen LogP contribution in [0.1, 0.15) is 5.01 Å². The quantitative estimate of drug-likeness (QED) is 0.734. The Morgan fingerprint density at radius 3 is 2.70 bits per heavy atom. The number of hydrogen-bond acceptors (Lipinski definition) is 4. The minimum Gasteiger partial charge on any atom is -0.382 e. The summed E-state index contributed by atoms with van der Waals surface area (Å²) in [6.07, 6.45) is 0. The monoisotopic (exact) mass is 324 g/mol. The average Bonchev–Trinajstić information content (AvgIpc) is 2.99. The number of rotatable bonds is 2. The van der Waals surface area contributed by atoms with Crippen LogP contribution in [0.3, 0.4) is 0 Å². The normalized spacial score (nSPS) is 10.9. The molecule has 2 heterocycles. The minimum absolute atomic E-state index is 0.407. The average molecular weight is 325 g/mol. The van der Waals surface area contributed by atoms with Crippen molar-refractivity contribution in [3.05, 3.63) is 38.6 Å². The smallest absolute Gasteiger partial charge is 0.153 e. The molecule has 0 saturated heterocycles. The van der Waals surface area contributed by atoms with E-state index in [0.717, 1.165) is 27.5 Å². The van der Waals surface area contributed by atoms with Gasteiger partial charge in [-0.2, -0.15) is 5.10 Å². The molecule has 1 aromatic carbocycles. The first-order chi connectivity index (χ1) is 9.56. The molecule has 20 heavy (non-hydrogen) atoms. The number of thiazole rings is 1. The first-order valence-electron chi connectivity index (χ1n) is 5.78. The SMILES string of the molecule is Cc1nc(-c2[nH]nc(N)c2-c2ccc(Cl)c(Cl)c2)cs1. The Kier molecular flexibility index (Phi) is 3.41. The van der Waals surface area contributed by atoms with Crippen LogP contribution in [0, 0.1) is 6.92 Å². The molecule has 0 bridgehead atoms. The summed E-state index contributed by atoms with van der Waals surface area (Å²) in [5.74, 6) is 0.407. The highest BCUT2D eigenvalue weighted by Gasteiger charge is 2.17. The molecule has 102 valence electrons. The summed E-state index contributed by atoms with van der Waals surface area (Å²) >= 11 is 13.6. The van der Waals surface area contributed by atoms with Gasteiger partial charge < -0.3 is 5.73 Å². The number of aromatic nitrogens is 3. The van der Waals surface area contributed by atoms with Gasteiger partial charge in [0.1, 0.15) is 0 Å². The predicted molar refractivity (Wildman–Crippen MR) is 84.3 cm³/mol. The Bertz CT molecular complexity index is 779. The number of anilines is 1. The van der Waals surface area contributed by atoms with Gasteiger partial charge in [-0.3, -0.25) is 5.10 Å². The second-order valence-corrected chi connectivity index (χ2v) is 6.12. The number of nitrogens with zero attached hydrogens (tertiary/aromatic N) is 2. The van der Waals surface area contributed by atoms with Crippen molar-refractivity contribution < 1.29 is 0 Å². The largest absolute Gasteiger partial charge is 0.382 e. The van der Waals surface area contributed by atoms with Gasteiger partial charge in [-0.05, 0) is 24.6 Å². The maximum atomic E-state index is 6.07. The topological polar surface area (TPSA) is 67.6 Å². The van der Waals surface area contributed by atoms with E-state index in [-0.39, 0.29) is 0 Å². The van der Waals surface area contributed by atoms with Crippen molar-refractivity contribution >= 4 is 40.4 Å². The van der Waals surface area contributed by atoms with Crippen molar-refractivity contribution in [1.82, 2.24) is 15.2 Å². The summed E-state index contributed by atoms with van der Waals surface area (Å²) in [6, 6.07) is 5.37. The summed E-state index contributed by atoms with van der Waals surface area (Å²) in [6.45, 7) is 1.95. The first kappa shape index (κ1) is 13.4. The highest BCUT2D eigenvalue weighted by molar-refractivity contribution is 7.09. The van der Waals surface area contributed by atoms with Crippen LogP contribution in [0.15, 0.2) is 23.6 Å². The number of nitrogens with one attached hydrogen (secondary N) is 1. The molecule has 0 unspecified atom stereocenters. The number of halogens is 2. The zero-order valence-electron chi connectivity index (χ0n) is 10.4. The van der Waals surface area contributed by atoms with Crippen LogP contribution in [-0.4, -0.2) is 15.2 Å². The number of nitrogen functional groups attached to an aromatic ring is 1. The molecule has 2 aromatic heterocycles. The summed E-state index contributed by atoms with van der Waals surface area (Å²) in [7, 11) is 0. The fourth-order valence-corrected chi connectivity index (χ4v) is 2.87. The van der Waals surface area contributed by atoms with E-state index in [1.165, 1.54) is 0 Å². The standard InChI is InChI=1S/C13H10Cl2N4S/c1-6-17-10(5-20-6)12-11(13(16)19-18-12)7-2-3-8(14)9(15)4-7/h2-5H,1H3,(H3,16,18,19). The molecule has 3 rings (SSSR count). The Balaban J connectivity index is 2.18. The first-order valence-corrected chi connectivity index (χ1v) is 7.41. The summed E-state index contributed by atoms with van der Waals surface area (Å²) in [4.78, 5) is 4.45. The number of hydrogen-bond donors (Lipinski definition) is 2. The highest BCUT2D eigenvalue weighted by atomic mass is 35.5. The molecular weight excluding hydrogens is 315 g/mol. The third kappa shape index (κ3) is 2.28. The van der Waals surface area contributed by atoms with Crippen molar-refractivity contribution in [2.75, 3.05) is 5.73 Å². The molecule has 3 aromatic rings. The van der Waals surface area contributed by atoms with E-state index in [1.54, 1.807) is 23.5 Å². The molecule has 0 aliphatic rings. The van der Waals surface area contributed by atoms with Crippen LogP contribution < -0.4 is 5.73 Å². The zero-order valence-corrected chi connectivity index (χ0v) is 12.8. The molecule has 7 heteroatoms. The lowest BCUT2D eigenvalue weighted by atomic mass is 10.0. The van der Waals surface area contributed by atoms with Crippen LogP contribution in [0.5, 0.6) is 0 Å². The van der Waals surface area contributed by atoms with Gasteiger partial charge in [0.15, 0.2) is 5.82 Å². The van der Waals surface area contributed by atoms with E-state index in [2.05, 4.69) is 15.2 Å². The molecule has 0 amide bonds. The Morgan fingerprint density at radius 1 is 1.25 bits per heavy atom. The molecule has 0 spiro atoms. The van der Waals surface area contributed by atoms with Crippen LogP contribution in [0.25, 0.3) is 22.5 Å². The van der Waals surface area contributed by atoms with Gasteiger partial charge >= 0.3 is 0 Å². The molecule has 3 N–H and O–H groups in total. The van der Waals surface area contributed by atoms with Crippen molar-refractivity contribution in [2.45, 2.75) is 6.92 Å². The van der Waals surface area contributed by atoms with Crippen LogP contribution >= 0.6 is 34.5 Å². The van der Waals surface area contributed by atoms with Crippen molar-refractivity contribution in [3.63, 3.8) is 0 Å². The van der Waals surface area contributed by atoms with E-state index in [4.69, 9.17) is 28.9 Å². The number of H-pyrrole nitrogens is 1. The van der Waals surface area contributed by atoms with Crippen molar-refractivity contribution in [3.8, 4) is 22.5 Å². The maximum absolute atomic E-state index is 6.07. The van der Waals surface area contributed by atoms with E-state index in [9.17, 15) is 0 Å². The molecule has 4 nitrogen and oxygen atoms in total. The molecular formula is C13H10Cl2N4S. The second-order valence-electron chi connectivity index (χ2n) is 4.24. The van der Waals surface area contributed by atoms with Crippen molar-refractivity contribution in [2.24, 2.45) is 0 Å². The lowest BCUT2D eigenvalue weighted by molar-refractivity contribution is 1.09. The van der Waals surface area contributed by atoms with Crippen LogP contribution in [0.4, 0.5) is 5.82 Å². The number of benzene rings is 1. The van der Waals surface area contributed by atoms with E-state index in [1.807, 2.05) is 18.4 Å². The third-order valence-electron chi connectivity index (χ3n) is 2.88. The molecule has 0 aliphatic heterocycles. The second kappa shape index (κ2) is 5.09. The van der Waals surface area contributed by atoms with E-state index >= 15 is 0 Å². The third-order valence-corrected chi connectivity index (χ3v) is 4.39. The Labute approximate surface area is 129 Å². The van der Waals surface area contributed by atoms with Gasteiger partial charge in [0.05, 0.1) is 32.0 Å². The number of nitrogens with two attached hydrogens (primary N) is 1. The number of aryl methyl sites for hydroxylation is 1. The zero-order chi connectivity index (χ0) is 14.3. The maximum Gasteiger partial charge on any atom is 0.153 e. The van der Waals surface area contributed by atoms with Crippen LogP contribution in [0.2, 0.25) is 10.0 Å². The van der Waals surface area contributed by atoms with Crippen molar-refractivity contribution in [1.29, 1.82) is 0 Å². The molecule has 0 fully saturated rings. The fraction of sp³-hybridized carbons (Fsp3) is 0.0769. The van der Waals surface area contributed by atoms with E-state index in [0.29, 0.717) is 15.9 Å². The molecule has 0 aliphatic carbocycles. The molecule has 0 atom stereocenters. The van der Waals surface area contributed by atoms with Gasteiger partial charge in [-0.1, -0.05) is 29.3 Å². The summed E-state index contributed by atoms with van der Waals surface area (Å²) in [5.41, 5.74) is 9.20. The van der Waals surface area contributed by atoms with E-state index < -0.39 is 0 Å². The van der Waals surface area contributed by atoms with Gasteiger partial charge in [0, 0.05) is 5.38 Å².